The van der Waals surface area contributed by atoms with Gasteiger partial charge in [0.15, 0.2) is 0 Å². The van der Waals surface area contributed by atoms with Gasteiger partial charge in [0.2, 0.25) is 0 Å². The van der Waals surface area contributed by atoms with E-state index in [1.165, 1.54) is 5.57 Å². The fourth-order valence-electron chi connectivity index (χ4n) is 1.04. The summed E-state index contributed by atoms with van der Waals surface area (Å²) >= 11 is 0. The van der Waals surface area contributed by atoms with E-state index in [0.717, 1.165) is 25.2 Å². The molecule has 0 rings (SSSR count). The molecule has 0 saturated carbocycles. The van der Waals surface area contributed by atoms with Crippen LogP contribution in [-0.4, -0.2) is 24.9 Å². The second-order valence-electron chi connectivity index (χ2n) is 3.45. The summed E-state index contributed by atoms with van der Waals surface area (Å²) in [6, 6.07) is 0. The number of aliphatic hydroxyl groups is 1. The maximum atomic E-state index is 8.66. The summed E-state index contributed by atoms with van der Waals surface area (Å²) in [6.45, 7) is 9.61. The summed E-state index contributed by atoms with van der Waals surface area (Å²) in [6.07, 6.45) is 7.56. The fraction of sp³-hybridized carbons (Fsp3) is 0.538. The first-order valence-corrected chi connectivity index (χ1v) is 5.41. The van der Waals surface area contributed by atoms with Crippen LogP contribution in [-0.2, 0) is 4.74 Å². The van der Waals surface area contributed by atoms with Crippen LogP contribution in [0.4, 0.5) is 0 Å². The number of aliphatic hydroxyl groups excluding tert-OH is 1. The molecule has 0 atom stereocenters. The Morgan fingerprint density at radius 2 is 2.13 bits per heavy atom. The zero-order chi connectivity index (χ0) is 11.5. The van der Waals surface area contributed by atoms with Crippen LogP contribution in [0, 0.1) is 0 Å². The minimum absolute atomic E-state index is 0.163. The van der Waals surface area contributed by atoms with Gasteiger partial charge in [-0.25, -0.2) is 0 Å². The van der Waals surface area contributed by atoms with Crippen molar-refractivity contribution in [3.63, 3.8) is 0 Å². The van der Waals surface area contributed by atoms with E-state index in [-0.39, 0.29) is 6.61 Å². The van der Waals surface area contributed by atoms with Crippen molar-refractivity contribution in [2.45, 2.75) is 26.7 Å². The Balaban J connectivity index is 3.77. The molecule has 0 unspecified atom stereocenters. The maximum absolute atomic E-state index is 8.66. The third kappa shape index (κ3) is 9.44. The Bertz CT molecular complexity index is 227. The molecule has 0 heterocycles. The van der Waals surface area contributed by atoms with Crippen LogP contribution >= 0.6 is 0 Å². The van der Waals surface area contributed by atoms with Crippen LogP contribution in [0.25, 0.3) is 0 Å². The van der Waals surface area contributed by atoms with Gasteiger partial charge in [-0.2, -0.15) is 0 Å². The number of hydrogen-bond acceptors (Lipinski definition) is 2. The zero-order valence-corrected chi connectivity index (χ0v) is 9.83. The monoisotopic (exact) mass is 210 g/mol. The third-order valence-corrected chi connectivity index (χ3v) is 1.99. The summed E-state index contributed by atoms with van der Waals surface area (Å²) in [5, 5.41) is 8.66. The minimum Gasteiger partial charge on any atom is -0.396 e. The highest BCUT2D eigenvalue weighted by atomic mass is 16.5. The van der Waals surface area contributed by atoms with E-state index in [4.69, 9.17) is 9.84 Å². The van der Waals surface area contributed by atoms with Crippen LogP contribution in [0.1, 0.15) is 26.7 Å². The molecule has 0 aliphatic heterocycles. The van der Waals surface area contributed by atoms with E-state index in [2.05, 4.69) is 19.6 Å². The van der Waals surface area contributed by atoms with E-state index >= 15 is 0 Å². The number of ether oxygens (including phenoxy) is 1. The predicted octanol–water partition coefficient (Wildman–Crippen LogP) is 2.85. The summed E-state index contributed by atoms with van der Waals surface area (Å²) in [5.74, 6) is 0. The normalized spacial score (nSPS) is 12.3. The highest BCUT2D eigenvalue weighted by Crippen LogP contribution is 2.03. The highest BCUT2D eigenvalue weighted by Gasteiger charge is 1.89. The molecule has 15 heavy (non-hydrogen) atoms. The van der Waals surface area contributed by atoms with E-state index in [9.17, 15) is 0 Å². The van der Waals surface area contributed by atoms with Crippen molar-refractivity contribution >= 4 is 0 Å². The Morgan fingerprint density at radius 1 is 1.40 bits per heavy atom. The van der Waals surface area contributed by atoms with E-state index in [1.807, 2.05) is 19.1 Å². The summed E-state index contributed by atoms with van der Waals surface area (Å²) in [4.78, 5) is 0. The van der Waals surface area contributed by atoms with Crippen LogP contribution in [0.2, 0.25) is 0 Å². The van der Waals surface area contributed by atoms with Gasteiger partial charge in [-0.1, -0.05) is 36.0 Å². The van der Waals surface area contributed by atoms with E-state index < -0.39 is 0 Å². The molecule has 2 nitrogen and oxygen atoms in total. The summed E-state index contributed by atoms with van der Waals surface area (Å²) < 4.78 is 5.25. The minimum atomic E-state index is 0.163. The van der Waals surface area contributed by atoms with Crippen molar-refractivity contribution in [1.82, 2.24) is 0 Å². The molecule has 0 fully saturated rings. The number of allylic oxidation sites excluding steroid dienone is 3. The smallest absolute Gasteiger partial charge is 0.0503 e. The Hall–Kier alpha value is -0.860. The molecule has 0 aliphatic rings. The molecule has 2 heteroatoms. The third-order valence-electron chi connectivity index (χ3n) is 1.99. The van der Waals surface area contributed by atoms with E-state index in [1.54, 1.807) is 0 Å². The van der Waals surface area contributed by atoms with Gasteiger partial charge >= 0.3 is 0 Å². The van der Waals surface area contributed by atoms with Crippen LogP contribution < -0.4 is 0 Å². The topological polar surface area (TPSA) is 29.5 Å². The van der Waals surface area contributed by atoms with Crippen LogP contribution in [0.15, 0.2) is 36.0 Å². The predicted molar refractivity (Wildman–Crippen MR) is 64.8 cm³/mol. The molecule has 0 amide bonds. The molecule has 0 aromatic heterocycles. The first kappa shape index (κ1) is 14.1. The van der Waals surface area contributed by atoms with Crippen molar-refractivity contribution < 1.29 is 9.84 Å². The molecule has 0 aliphatic carbocycles. The first-order valence-electron chi connectivity index (χ1n) is 5.41. The van der Waals surface area contributed by atoms with Gasteiger partial charge in [0, 0.05) is 13.2 Å². The molecule has 86 valence electrons. The first-order chi connectivity index (χ1) is 7.20. The lowest BCUT2D eigenvalue weighted by Gasteiger charge is -2.00. The molecule has 0 radical (unpaired) electrons. The average molecular weight is 210 g/mol. The standard InChI is InChI=1S/C13H22O2/c1-4-15-11-9-13(3)7-5-6-12(2)8-10-14/h5-7,14H,2,4,8-11H2,1,3H3/b6-5-,13-7+. The zero-order valence-electron chi connectivity index (χ0n) is 9.83. The summed E-state index contributed by atoms with van der Waals surface area (Å²) in [7, 11) is 0. The van der Waals surface area contributed by atoms with Gasteiger partial charge in [-0.3, -0.25) is 0 Å². The summed E-state index contributed by atoms with van der Waals surface area (Å²) in [5.41, 5.74) is 2.24. The molecular formula is C13H22O2. The molecule has 1 N–H and O–H groups in total. The van der Waals surface area contributed by atoms with Crippen molar-refractivity contribution in [2.24, 2.45) is 0 Å². The molecule has 0 aromatic carbocycles. The average Bonchev–Trinajstić information content (AvgIpc) is 2.18. The lowest BCUT2D eigenvalue weighted by atomic mass is 10.1. The van der Waals surface area contributed by atoms with Gasteiger partial charge in [0.25, 0.3) is 0 Å². The lowest BCUT2D eigenvalue weighted by Crippen LogP contribution is -1.93. The molecular weight excluding hydrogens is 188 g/mol. The van der Waals surface area contributed by atoms with Crippen molar-refractivity contribution in [3.8, 4) is 0 Å². The second kappa shape index (κ2) is 9.69. The van der Waals surface area contributed by atoms with Crippen LogP contribution in [0.5, 0.6) is 0 Å². The maximum Gasteiger partial charge on any atom is 0.0503 e. The largest absolute Gasteiger partial charge is 0.396 e. The SMILES string of the molecule is C=C(/C=C\C=C(/C)CCOCC)CCO. The lowest BCUT2D eigenvalue weighted by molar-refractivity contribution is 0.151. The fourth-order valence-corrected chi connectivity index (χ4v) is 1.04. The Labute approximate surface area is 93.0 Å². The molecule has 0 bridgehead atoms. The number of rotatable bonds is 8. The molecule has 0 saturated heterocycles. The highest BCUT2D eigenvalue weighted by molar-refractivity contribution is 5.21. The van der Waals surface area contributed by atoms with Gasteiger partial charge in [-0.05, 0) is 26.7 Å². The molecule has 0 spiro atoms. The van der Waals surface area contributed by atoms with Gasteiger partial charge in [0.1, 0.15) is 0 Å². The van der Waals surface area contributed by atoms with Crippen molar-refractivity contribution in [2.75, 3.05) is 19.8 Å². The van der Waals surface area contributed by atoms with Gasteiger partial charge in [-0.15, -0.1) is 0 Å². The molecule has 0 aromatic rings. The Kier molecular flexibility index (Phi) is 9.13. The van der Waals surface area contributed by atoms with Crippen molar-refractivity contribution in [3.05, 3.63) is 36.0 Å². The van der Waals surface area contributed by atoms with Gasteiger partial charge in [0.05, 0.1) is 6.61 Å². The van der Waals surface area contributed by atoms with E-state index in [0.29, 0.717) is 6.42 Å². The van der Waals surface area contributed by atoms with Gasteiger partial charge < -0.3 is 9.84 Å². The quantitative estimate of drug-likeness (QED) is 0.493. The van der Waals surface area contributed by atoms with Crippen molar-refractivity contribution in [1.29, 1.82) is 0 Å². The second-order valence-corrected chi connectivity index (χ2v) is 3.45. The Morgan fingerprint density at radius 3 is 2.73 bits per heavy atom. The number of hydrogen-bond donors (Lipinski definition) is 1. The van der Waals surface area contributed by atoms with Crippen LogP contribution in [0.3, 0.4) is 0 Å².